The molecule has 0 amide bonds. The lowest BCUT2D eigenvalue weighted by molar-refractivity contribution is 0.184. The second-order valence-corrected chi connectivity index (χ2v) is 8.62. The molecule has 1 aliphatic carbocycles. The summed E-state index contributed by atoms with van der Waals surface area (Å²) in [6.07, 6.45) is 6.09. The Morgan fingerprint density at radius 2 is 2.03 bits per heavy atom. The van der Waals surface area contributed by atoms with Gasteiger partial charge in [0.2, 0.25) is 5.88 Å². The van der Waals surface area contributed by atoms with Gasteiger partial charge in [0.25, 0.3) is 0 Å². The molecule has 2 heterocycles. The number of thiophene rings is 1. The Morgan fingerprint density at radius 1 is 1.23 bits per heavy atom. The highest BCUT2D eigenvalue weighted by molar-refractivity contribution is 14.0. The Morgan fingerprint density at radius 3 is 2.81 bits per heavy atom. The van der Waals surface area contributed by atoms with Crippen molar-refractivity contribution in [1.29, 1.82) is 0 Å². The molecule has 3 aromatic rings. The fraction of sp³-hybridized carbons (Fsp3) is 0.391. The lowest BCUT2D eigenvalue weighted by Crippen LogP contribution is -2.39. The number of rotatable bonds is 7. The fourth-order valence-electron chi connectivity index (χ4n) is 3.69. The monoisotopic (exact) mass is 552 g/mol. The summed E-state index contributed by atoms with van der Waals surface area (Å²) in [5.41, 5.74) is 0.998. The molecule has 1 aliphatic rings. The van der Waals surface area contributed by atoms with E-state index in [2.05, 4.69) is 32.7 Å². The third kappa shape index (κ3) is 6.30. The number of aromatic nitrogens is 1. The van der Waals surface area contributed by atoms with E-state index >= 15 is 0 Å². The van der Waals surface area contributed by atoms with E-state index in [4.69, 9.17) is 4.74 Å². The van der Waals surface area contributed by atoms with Crippen molar-refractivity contribution >= 4 is 51.4 Å². The highest BCUT2D eigenvalue weighted by atomic mass is 127. The third-order valence-electron chi connectivity index (χ3n) is 5.34. The lowest BCUT2D eigenvalue weighted by atomic mass is 10.2. The molecule has 0 spiro atoms. The first-order valence-electron chi connectivity index (χ1n) is 10.4. The van der Waals surface area contributed by atoms with Gasteiger partial charge in [-0.2, -0.15) is 0 Å². The molecule has 6 nitrogen and oxygen atoms in total. The number of nitrogens with one attached hydrogen (secondary N) is 2. The molecule has 8 heteroatoms. The van der Waals surface area contributed by atoms with Crippen molar-refractivity contribution in [2.75, 3.05) is 13.6 Å². The maximum atomic E-state index is 10.6. The van der Waals surface area contributed by atoms with Crippen LogP contribution in [0.3, 0.4) is 0 Å². The molecule has 0 saturated heterocycles. The van der Waals surface area contributed by atoms with E-state index in [-0.39, 0.29) is 30.1 Å². The molecule has 1 fully saturated rings. The summed E-state index contributed by atoms with van der Waals surface area (Å²) < 4.78 is 7.29. The molecular formula is C23H29IN4O2S. The zero-order chi connectivity index (χ0) is 20.8. The van der Waals surface area contributed by atoms with Crippen LogP contribution in [0.2, 0.25) is 0 Å². The van der Waals surface area contributed by atoms with Crippen molar-refractivity contribution in [3.05, 3.63) is 59.1 Å². The highest BCUT2D eigenvalue weighted by Gasteiger charge is 2.19. The van der Waals surface area contributed by atoms with Crippen LogP contribution in [0.15, 0.2) is 53.7 Å². The van der Waals surface area contributed by atoms with Crippen LogP contribution in [-0.4, -0.2) is 35.7 Å². The zero-order valence-corrected chi connectivity index (χ0v) is 20.7. The van der Waals surface area contributed by atoms with Crippen LogP contribution in [0.4, 0.5) is 0 Å². The predicted octanol–water partition coefficient (Wildman–Crippen LogP) is 4.63. The van der Waals surface area contributed by atoms with Crippen molar-refractivity contribution in [3.63, 3.8) is 0 Å². The Hall–Kier alpha value is -1.91. The fourth-order valence-corrected chi connectivity index (χ4v) is 4.74. The van der Waals surface area contributed by atoms with Crippen molar-refractivity contribution in [1.82, 2.24) is 15.6 Å². The van der Waals surface area contributed by atoms with Gasteiger partial charge in [-0.3, -0.25) is 4.99 Å². The van der Waals surface area contributed by atoms with E-state index in [9.17, 15) is 5.11 Å². The second kappa shape index (κ2) is 11.6. The molecule has 0 bridgehead atoms. The minimum absolute atomic E-state index is 0. The Bertz CT molecular complexity index is 971. The molecule has 3 N–H and O–H groups in total. The van der Waals surface area contributed by atoms with E-state index in [1.807, 2.05) is 30.3 Å². The number of guanidine groups is 1. The first kappa shape index (κ1) is 23.7. The molecule has 1 saturated carbocycles. The van der Waals surface area contributed by atoms with Crippen LogP contribution in [-0.2, 0) is 6.54 Å². The maximum Gasteiger partial charge on any atom is 0.218 e. The molecule has 31 heavy (non-hydrogen) atoms. The summed E-state index contributed by atoms with van der Waals surface area (Å²) >= 11 is 1.62. The number of benzene rings is 1. The first-order valence-corrected chi connectivity index (χ1v) is 11.3. The van der Waals surface area contributed by atoms with Gasteiger partial charge >= 0.3 is 0 Å². The Kier molecular flexibility index (Phi) is 8.91. The summed E-state index contributed by atoms with van der Waals surface area (Å²) in [4.78, 5) is 9.63. The summed E-state index contributed by atoms with van der Waals surface area (Å²) in [6.45, 7) is 0.930. The maximum absolute atomic E-state index is 10.6. The SMILES string of the molecule is CN=C(NCc1cccnc1OC1CCCC1)NCC(O)c1cc2ccccc2s1.I. The normalized spacial score (nSPS) is 15.5. The first-order chi connectivity index (χ1) is 14.7. The number of halogens is 1. The van der Waals surface area contributed by atoms with Gasteiger partial charge in [0.05, 0.1) is 0 Å². The van der Waals surface area contributed by atoms with Crippen molar-refractivity contribution in [2.24, 2.45) is 4.99 Å². The van der Waals surface area contributed by atoms with Crippen LogP contribution in [0.25, 0.3) is 10.1 Å². The number of aliphatic hydroxyl groups excluding tert-OH is 1. The topological polar surface area (TPSA) is 78.8 Å². The average Bonchev–Trinajstić information content (AvgIpc) is 3.44. The zero-order valence-electron chi connectivity index (χ0n) is 17.6. The van der Waals surface area contributed by atoms with E-state index in [1.54, 1.807) is 24.6 Å². The van der Waals surface area contributed by atoms with E-state index < -0.39 is 6.10 Å². The lowest BCUT2D eigenvalue weighted by Gasteiger charge is -2.17. The predicted molar refractivity (Wildman–Crippen MR) is 138 cm³/mol. The van der Waals surface area contributed by atoms with Crippen LogP contribution >= 0.6 is 35.3 Å². The molecule has 1 aromatic carbocycles. The Labute approximate surface area is 204 Å². The van der Waals surface area contributed by atoms with Crippen molar-refractivity contribution < 1.29 is 9.84 Å². The van der Waals surface area contributed by atoms with Crippen LogP contribution in [0.1, 0.15) is 42.2 Å². The van der Waals surface area contributed by atoms with E-state index in [0.717, 1.165) is 28.7 Å². The van der Waals surface area contributed by atoms with Gasteiger partial charge in [0.1, 0.15) is 12.2 Å². The number of nitrogens with zero attached hydrogens (tertiary/aromatic N) is 2. The third-order valence-corrected chi connectivity index (χ3v) is 6.55. The number of pyridine rings is 1. The van der Waals surface area contributed by atoms with E-state index in [0.29, 0.717) is 24.9 Å². The molecule has 0 aliphatic heterocycles. The molecule has 1 unspecified atom stereocenters. The average molecular weight is 552 g/mol. The summed E-state index contributed by atoms with van der Waals surface area (Å²) in [7, 11) is 1.72. The van der Waals surface area contributed by atoms with Crippen LogP contribution < -0.4 is 15.4 Å². The van der Waals surface area contributed by atoms with Crippen molar-refractivity contribution in [2.45, 2.75) is 44.4 Å². The number of fused-ring (bicyclic) bond motifs is 1. The smallest absolute Gasteiger partial charge is 0.218 e. The van der Waals surface area contributed by atoms with Gasteiger partial charge in [-0.1, -0.05) is 24.3 Å². The number of hydrogen-bond donors (Lipinski definition) is 3. The van der Waals surface area contributed by atoms with Gasteiger partial charge < -0.3 is 20.5 Å². The van der Waals surface area contributed by atoms with Gasteiger partial charge in [-0.15, -0.1) is 35.3 Å². The van der Waals surface area contributed by atoms with E-state index in [1.165, 1.54) is 17.5 Å². The van der Waals surface area contributed by atoms with Crippen molar-refractivity contribution in [3.8, 4) is 5.88 Å². The number of aliphatic hydroxyl groups is 1. The highest BCUT2D eigenvalue weighted by Crippen LogP contribution is 2.29. The van der Waals surface area contributed by atoms with Gasteiger partial charge in [0.15, 0.2) is 5.96 Å². The molecular weight excluding hydrogens is 523 g/mol. The quantitative estimate of drug-likeness (QED) is 0.226. The minimum Gasteiger partial charge on any atom is -0.474 e. The largest absolute Gasteiger partial charge is 0.474 e. The van der Waals surface area contributed by atoms with Gasteiger partial charge in [-0.25, -0.2) is 4.98 Å². The molecule has 2 aromatic heterocycles. The Balaban J connectivity index is 0.00000272. The minimum atomic E-state index is -0.597. The molecule has 0 radical (unpaired) electrons. The number of ether oxygens (including phenoxy) is 1. The second-order valence-electron chi connectivity index (χ2n) is 7.50. The molecule has 4 rings (SSSR count). The number of hydrogen-bond acceptors (Lipinski definition) is 5. The summed E-state index contributed by atoms with van der Waals surface area (Å²) in [5.74, 6) is 1.32. The number of aliphatic imine (C=N–C) groups is 1. The summed E-state index contributed by atoms with van der Waals surface area (Å²) in [6, 6.07) is 14.1. The van der Waals surface area contributed by atoms with Gasteiger partial charge in [0, 0.05) is 41.5 Å². The molecule has 166 valence electrons. The van der Waals surface area contributed by atoms with Crippen LogP contribution in [0.5, 0.6) is 5.88 Å². The van der Waals surface area contributed by atoms with Gasteiger partial charge in [-0.05, 0) is 49.3 Å². The molecule has 1 atom stereocenters. The standard InChI is InChI=1S/C23H28N4O2S.HI/c1-24-23(27-15-19(28)21-13-16-7-2-5-11-20(16)30-21)26-14-17-8-6-12-25-22(17)29-18-9-3-4-10-18;/h2,5-8,11-13,18-19,28H,3-4,9-10,14-15H2,1H3,(H2,24,26,27);1H. The summed E-state index contributed by atoms with van der Waals surface area (Å²) in [5, 5.41) is 18.3. The van der Waals surface area contributed by atoms with Crippen LogP contribution in [0, 0.1) is 0 Å².